The molecule has 6 nitrogen and oxygen atoms in total. The van der Waals surface area contributed by atoms with Crippen molar-refractivity contribution in [2.45, 2.75) is 6.54 Å². The van der Waals surface area contributed by atoms with Gasteiger partial charge in [-0.15, -0.1) is 0 Å². The second-order valence-corrected chi connectivity index (χ2v) is 6.40. The van der Waals surface area contributed by atoms with Crippen LogP contribution in [0.25, 0.3) is 10.8 Å². The van der Waals surface area contributed by atoms with Gasteiger partial charge in [0.05, 0.1) is 7.11 Å². The lowest BCUT2D eigenvalue weighted by molar-refractivity contribution is -0.116. The molecule has 0 spiro atoms. The van der Waals surface area contributed by atoms with Crippen molar-refractivity contribution in [1.29, 1.82) is 0 Å². The standard InChI is InChI=1S/C22H23N3O3/c1-25(22(27)23-14-17-9-4-6-13-20(17)28-2)15-21(26)24-19-12-7-10-16-8-3-5-11-18(16)19/h3-13H,14-15H2,1-2H3,(H,23,27)(H,24,26). The molecule has 0 saturated carbocycles. The molecule has 0 unspecified atom stereocenters. The first-order valence-electron chi connectivity index (χ1n) is 8.97. The summed E-state index contributed by atoms with van der Waals surface area (Å²) in [5.74, 6) is 0.449. The Bertz CT molecular complexity index is 982. The van der Waals surface area contributed by atoms with Crippen LogP contribution in [0.15, 0.2) is 66.7 Å². The molecule has 0 atom stereocenters. The SMILES string of the molecule is COc1ccccc1CNC(=O)N(C)CC(=O)Nc1cccc2ccccc12. The van der Waals surface area contributed by atoms with Crippen molar-refractivity contribution in [2.75, 3.05) is 26.0 Å². The number of likely N-dealkylation sites (N-methyl/N-ethyl adjacent to an activating group) is 1. The fourth-order valence-electron chi connectivity index (χ4n) is 2.97. The van der Waals surface area contributed by atoms with Crippen LogP contribution in [0.1, 0.15) is 5.56 Å². The van der Waals surface area contributed by atoms with E-state index in [4.69, 9.17) is 4.74 Å². The van der Waals surface area contributed by atoms with E-state index in [0.29, 0.717) is 12.3 Å². The minimum atomic E-state index is -0.334. The molecule has 0 radical (unpaired) electrons. The maximum atomic E-state index is 12.4. The predicted molar refractivity (Wildman–Crippen MR) is 110 cm³/mol. The molecule has 3 aromatic carbocycles. The Labute approximate surface area is 164 Å². The summed E-state index contributed by atoms with van der Waals surface area (Å²) in [6.45, 7) is 0.263. The molecule has 3 aromatic rings. The van der Waals surface area contributed by atoms with Crippen LogP contribution in [0.4, 0.5) is 10.5 Å². The molecule has 0 aromatic heterocycles. The molecular formula is C22H23N3O3. The normalized spacial score (nSPS) is 10.4. The number of urea groups is 1. The maximum absolute atomic E-state index is 12.4. The molecule has 0 fully saturated rings. The van der Waals surface area contributed by atoms with Gasteiger partial charge in [-0.3, -0.25) is 4.79 Å². The van der Waals surface area contributed by atoms with Crippen molar-refractivity contribution < 1.29 is 14.3 Å². The number of hydrogen-bond acceptors (Lipinski definition) is 3. The van der Waals surface area contributed by atoms with Crippen molar-refractivity contribution in [3.8, 4) is 5.75 Å². The zero-order chi connectivity index (χ0) is 19.9. The largest absolute Gasteiger partial charge is 0.496 e. The number of para-hydroxylation sites is 1. The molecule has 3 rings (SSSR count). The van der Waals surface area contributed by atoms with Crippen LogP contribution in [-0.4, -0.2) is 37.5 Å². The Kier molecular flexibility index (Phi) is 6.11. The molecule has 6 heteroatoms. The van der Waals surface area contributed by atoms with Crippen LogP contribution >= 0.6 is 0 Å². The van der Waals surface area contributed by atoms with Gasteiger partial charge in [0.1, 0.15) is 12.3 Å². The predicted octanol–water partition coefficient (Wildman–Crippen LogP) is 3.63. The lowest BCUT2D eigenvalue weighted by Gasteiger charge is -2.18. The quantitative estimate of drug-likeness (QED) is 0.689. The third kappa shape index (κ3) is 4.59. The molecule has 0 bridgehead atoms. The van der Waals surface area contributed by atoms with Gasteiger partial charge in [-0.05, 0) is 17.5 Å². The number of benzene rings is 3. The highest BCUT2D eigenvalue weighted by molar-refractivity contribution is 6.03. The van der Waals surface area contributed by atoms with E-state index >= 15 is 0 Å². The summed E-state index contributed by atoms with van der Waals surface area (Å²) in [5.41, 5.74) is 1.60. The smallest absolute Gasteiger partial charge is 0.317 e. The number of fused-ring (bicyclic) bond motifs is 1. The van der Waals surface area contributed by atoms with Gasteiger partial charge in [0.15, 0.2) is 0 Å². The molecule has 0 aliphatic heterocycles. The molecule has 28 heavy (non-hydrogen) atoms. The van der Waals surface area contributed by atoms with E-state index in [0.717, 1.165) is 22.0 Å². The Hall–Kier alpha value is -3.54. The first-order chi connectivity index (χ1) is 13.6. The van der Waals surface area contributed by atoms with E-state index < -0.39 is 0 Å². The number of methoxy groups -OCH3 is 1. The number of rotatable bonds is 6. The molecular weight excluding hydrogens is 354 g/mol. The van der Waals surface area contributed by atoms with Gasteiger partial charge in [0.25, 0.3) is 0 Å². The number of anilines is 1. The van der Waals surface area contributed by atoms with Gasteiger partial charge >= 0.3 is 6.03 Å². The molecule has 2 N–H and O–H groups in total. The number of ether oxygens (including phenoxy) is 1. The van der Waals surface area contributed by atoms with Crippen LogP contribution < -0.4 is 15.4 Å². The number of nitrogens with zero attached hydrogens (tertiary/aromatic N) is 1. The maximum Gasteiger partial charge on any atom is 0.317 e. The van der Waals surface area contributed by atoms with E-state index in [9.17, 15) is 9.59 Å². The highest BCUT2D eigenvalue weighted by Crippen LogP contribution is 2.22. The lowest BCUT2D eigenvalue weighted by Crippen LogP contribution is -2.41. The van der Waals surface area contributed by atoms with E-state index in [2.05, 4.69) is 10.6 Å². The van der Waals surface area contributed by atoms with Crippen LogP contribution in [0.2, 0.25) is 0 Å². The van der Waals surface area contributed by atoms with Crippen molar-refractivity contribution in [3.05, 3.63) is 72.3 Å². The summed E-state index contributed by atoms with van der Waals surface area (Å²) in [6.07, 6.45) is 0. The van der Waals surface area contributed by atoms with Gasteiger partial charge in [-0.25, -0.2) is 4.79 Å². The minimum absolute atomic E-state index is 0.0546. The Morgan fingerprint density at radius 2 is 1.68 bits per heavy atom. The summed E-state index contributed by atoms with van der Waals surface area (Å²) in [5, 5.41) is 7.69. The Balaban J connectivity index is 1.57. The zero-order valence-electron chi connectivity index (χ0n) is 15.9. The molecule has 0 heterocycles. The van der Waals surface area contributed by atoms with Gasteiger partial charge in [0.2, 0.25) is 5.91 Å². The average Bonchev–Trinajstić information content (AvgIpc) is 2.72. The summed E-state index contributed by atoms with van der Waals surface area (Å²) >= 11 is 0. The van der Waals surface area contributed by atoms with Gasteiger partial charge in [-0.2, -0.15) is 0 Å². The minimum Gasteiger partial charge on any atom is -0.496 e. The van der Waals surface area contributed by atoms with Crippen LogP contribution in [0, 0.1) is 0 Å². The van der Waals surface area contributed by atoms with Crippen molar-refractivity contribution in [1.82, 2.24) is 10.2 Å². The number of hydrogen-bond donors (Lipinski definition) is 2. The molecule has 0 aliphatic rings. The fourth-order valence-corrected chi connectivity index (χ4v) is 2.97. The summed E-state index contributed by atoms with van der Waals surface area (Å²) in [6, 6.07) is 20.7. The number of amides is 3. The number of nitrogens with one attached hydrogen (secondary N) is 2. The monoisotopic (exact) mass is 377 g/mol. The van der Waals surface area contributed by atoms with Gasteiger partial charge < -0.3 is 20.3 Å². The second kappa shape index (κ2) is 8.90. The summed E-state index contributed by atoms with van der Waals surface area (Å²) in [7, 11) is 3.17. The lowest BCUT2D eigenvalue weighted by atomic mass is 10.1. The van der Waals surface area contributed by atoms with Crippen molar-refractivity contribution in [2.24, 2.45) is 0 Å². The van der Waals surface area contributed by atoms with E-state index in [1.807, 2.05) is 66.7 Å². The number of carbonyl (C=O) groups excluding carboxylic acids is 2. The summed E-state index contributed by atoms with van der Waals surface area (Å²) < 4.78 is 5.28. The third-order valence-electron chi connectivity index (χ3n) is 4.41. The second-order valence-electron chi connectivity index (χ2n) is 6.40. The average molecular weight is 377 g/mol. The Morgan fingerprint density at radius 1 is 0.964 bits per heavy atom. The third-order valence-corrected chi connectivity index (χ3v) is 4.41. The van der Waals surface area contributed by atoms with Crippen molar-refractivity contribution >= 4 is 28.4 Å². The van der Waals surface area contributed by atoms with Crippen LogP contribution in [0.3, 0.4) is 0 Å². The van der Waals surface area contributed by atoms with E-state index in [1.165, 1.54) is 4.90 Å². The highest BCUT2D eigenvalue weighted by atomic mass is 16.5. The first-order valence-corrected chi connectivity index (χ1v) is 8.97. The molecule has 0 saturated heterocycles. The van der Waals surface area contributed by atoms with Crippen LogP contribution in [0.5, 0.6) is 5.75 Å². The number of carbonyl (C=O) groups is 2. The fraction of sp³-hybridized carbons (Fsp3) is 0.182. The molecule has 0 aliphatic carbocycles. The van der Waals surface area contributed by atoms with E-state index in [-0.39, 0.29) is 18.5 Å². The van der Waals surface area contributed by atoms with E-state index in [1.54, 1.807) is 14.2 Å². The Morgan fingerprint density at radius 3 is 2.50 bits per heavy atom. The summed E-state index contributed by atoms with van der Waals surface area (Å²) in [4.78, 5) is 26.0. The zero-order valence-corrected chi connectivity index (χ0v) is 15.9. The van der Waals surface area contributed by atoms with Gasteiger partial charge in [0, 0.05) is 30.2 Å². The molecule has 3 amide bonds. The topological polar surface area (TPSA) is 70.7 Å². The highest BCUT2D eigenvalue weighted by Gasteiger charge is 2.14. The van der Waals surface area contributed by atoms with Crippen molar-refractivity contribution in [3.63, 3.8) is 0 Å². The molecule has 144 valence electrons. The van der Waals surface area contributed by atoms with Gasteiger partial charge in [-0.1, -0.05) is 54.6 Å². The first kappa shape index (κ1) is 19.2. The van der Waals surface area contributed by atoms with Crippen LogP contribution in [-0.2, 0) is 11.3 Å².